The Labute approximate surface area is 156 Å². The molecule has 1 fully saturated rings. The van der Waals surface area contributed by atoms with Gasteiger partial charge in [-0.05, 0) is 49.8 Å². The smallest absolute Gasteiger partial charge is 0.252 e. The van der Waals surface area contributed by atoms with Gasteiger partial charge >= 0.3 is 0 Å². The van der Waals surface area contributed by atoms with Crippen LogP contribution >= 0.6 is 12.4 Å². The number of halogens is 1. The SMILES string of the molecule is Cc1ccccc1C(=O)NC(C(=O)NC1CCCC1CN)C(C)C.Cl. The molecule has 1 aromatic carbocycles. The molecule has 1 aliphatic carbocycles. The first-order valence-corrected chi connectivity index (χ1v) is 8.81. The second-order valence-corrected chi connectivity index (χ2v) is 7.05. The summed E-state index contributed by atoms with van der Waals surface area (Å²) in [4.78, 5) is 25.2. The predicted octanol–water partition coefficient (Wildman–Crippen LogP) is 2.41. The van der Waals surface area contributed by atoms with E-state index in [1.54, 1.807) is 6.07 Å². The van der Waals surface area contributed by atoms with Crippen LogP contribution in [0.3, 0.4) is 0 Å². The van der Waals surface area contributed by atoms with Gasteiger partial charge in [-0.1, -0.05) is 38.5 Å². The lowest BCUT2D eigenvalue weighted by Crippen LogP contribution is -2.53. The third kappa shape index (κ3) is 5.44. The molecule has 1 aliphatic rings. The zero-order chi connectivity index (χ0) is 17.7. The molecule has 0 spiro atoms. The highest BCUT2D eigenvalue weighted by molar-refractivity contribution is 5.98. The second-order valence-electron chi connectivity index (χ2n) is 7.05. The van der Waals surface area contributed by atoms with Crippen LogP contribution in [0.25, 0.3) is 0 Å². The number of aryl methyl sites for hydroxylation is 1. The van der Waals surface area contributed by atoms with E-state index in [9.17, 15) is 9.59 Å². The van der Waals surface area contributed by atoms with Crippen molar-refractivity contribution >= 4 is 24.2 Å². The van der Waals surface area contributed by atoms with Crippen molar-refractivity contribution in [2.24, 2.45) is 17.6 Å². The van der Waals surface area contributed by atoms with Gasteiger partial charge in [-0.2, -0.15) is 0 Å². The average molecular weight is 368 g/mol. The van der Waals surface area contributed by atoms with Crippen molar-refractivity contribution in [3.05, 3.63) is 35.4 Å². The van der Waals surface area contributed by atoms with Gasteiger partial charge in [0.15, 0.2) is 0 Å². The maximum Gasteiger partial charge on any atom is 0.252 e. The molecule has 0 radical (unpaired) electrons. The number of amides is 2. The van der Waals surface area contributed by atoms with Crippen LogP contribution in [0.2, 0.25) is 0 Å². The van der Waals surface area contributed by atoms with Crippen LogP contribution in [0.4, 0.5) is 0 Å². The molecule has 0 aliphatic heterocycles. The minimum atomic E-state index is -0.545. The van der Waals surface area contributed by atoms with Gasteiger partial charge in [0.1, 0.15) is 6.04 Å². The van der Waals surface area contributed by atoms with Crippen LogP contribution in [0.5, 0.6) is 0 Å². The van der Waals surface area contributed by atoms with E-state index in [0.717, 1.165) is 24.8 Å². The summed E-state index contributed by atoms with van der Waals surface area (Å²) in [6.07, 6.45) is 3.11. The quantitative estimate of drug-likeness (QED) is 0.721. The maximum atomic E-state index is 12.7. The van der Waals surface area contributed by atoms with Crippen molar-refractivity contribution in [2.45, 2.75) is 52.1 Å². The molecule has 3 unspecified atom stereocenters. The molecule has 1 aromatic rings. The number of carbonyl (C=O) groups is 2. The van der Waals surface area contributed by atoms with Gasteiger partial charge in [-0.25, -0.2) is 0 Å². The lowest BCUT2D eigenvalue weighted by molar-refractivity contribution is -0.124. The van der Waals surface area contributed by atoms with Gasteiger partial charge in [-0.15, -0.1) is 12.4 Å². The summed E-state index contributed by atoms with van der Waals surface area (Å²) >= 11 is 0. The van der Waals surface area contributed by atoms with Crippen LogP contribution in [0, 0.1) is 18.8 Å². The molecule has 2 rings (SSSR count). The molecule has 4 N–H and O–H groups in total. The van der Waals surface area contributed by atoms with Crippen molar-refractivity contribution in [3.63, 3.8) is 0 Å². The molecular weight excluding hydrogens is 338 g/mol. The van der Waals surface area contributed by atoms with Crippen molar-refractivity contribution in [2.75, 3.05) is 6.54 Å². The lowest BCUT2D eigenvalue weighted by atomic mass is 9.99. The van der Waals surface area contributed by atoms with E-state index in [1.165, 1.54) is 0 Å². The first kappa shape index (κ1) is 21.5. The fourth-order valence-electron chi connectivity index (χ4n) is 3.36. The van der Waals surface area contributed by atoms with E-state index in [1.807, 2.05) is 39.0 Å². The van der Waals surface area contributed by atoms with Crippen LogP contribution < -0.4 is 16.4 Å². The third-order valence-corrected chi connectivity index (χ3v) is 4.91. The highest BCUT2D eigenvalue weighted by atomic mass is 35.5. The Hall–Kier alpha value is -1.59. The van der Waals surface area contributed by atoms with Crippen LogP contribution in [-0.2, 0) is 4.79 Å². The zero-order valence-electron chi connectivity index (χ0n) is 15.2. The number of hydrogen-bond acceptors (Lipinski definition) is 3. The second kappa shape index (κ2) is 9.78. The first-order valence-electron chi connectivity index (χ1n) is 8.81. The summed E-state index contributed by atoms with van der Waals surface area (Å²) in [6.45, 7) is 6.37. The Morgan fingerprint density at radius 3 is 2.52 bits per heavy atom. The minimum absolute atomic E-state index is 0. The van der Waals surface area contributed by atoms with Gasteiger partial charge in [-0.3, -0.25) is 9.59 Å². The number of hydrogen-bond donors (Lipinski definition) is 3. The number of rotatable bonds is 6. The van der Waals surface area contributed by atoms with Crippen LogP contribution in [0.1, 0.15) is 49.0 Å². The van der Waals surface area contributed by atoms with Crippen molar-refractivity contribution in [1.82, 2.24) is 10.6 Å². The monoisotopic (exact) mass is 367 g/mol. The summed E-state index contributed by atoms with van der Waals surface area (Å²) in [7, 11) is 0. The number of carbonyl (C=O) groups excluding carboxylic acids is 2. The first-order chi connectivity index (χ1) is 11.4. The molecule has 0 saturated heterocycles. The summed E-state index contributed by atoms with van der Waals surface area (Å²) in [5, 5.41) is 6.00. The molecule has 0 aromatic heterocycles. The zero-order valence-corrected chi connectivity index (χ0v) is 16.1. The summed E-state index contributed by atoms with van der Waals surface area (Å²) in [5.41, 5.74) is 7.30. The fourth-order valence-corrected chi connectivity index (χ4v) is 3.36. The van der Waals surface area contributed by atoms with E-state index < -0.39 is 6.04 Å². The summed E-state index contributed by atoms with van der Waals surface area (Å²) < 4.78 is 0. The normalized spacial score (nSPS) is 20.7. The Kier molecular flexibility index (Phi) is 8.39. The molecule has 1 saturated carbocycles. The Morgan fingerprint density at radius 1 is 1.24 bits per heavy atom. The standard InChI is InChI=1S/C19H29N3O2.ClH/c1-12(2)17(19(24)21-16-10-6-8-14(16)11-20)22-18(23)15-9-5-4-7-13(15)3;/h4-5,7,9,12,14,16-17H,6,8,10-11,20H2,1-3H3,(H,21,24)(H,22,23);1H. The molecule has 3 atom stereocenters. The van der Waals surface area contributed by atoms with Gasteiger partial charge in [0.05, 0.1) is 0 Å². The van der Waals surface area contributed by atoms with Gasteiger partial charge in [0.2, 0.25) is 5.91 Å². The Bertz CT molecular complexity index is 592. The molecule has 5 nitrogen and oxygen atoms in total. The van der Waals surface area contributed by atoms with Gasteiger partial charge < -0.3 is 16.4 Å². The molecule has 140 valence electrons. The van der Waals surface area contributed by atoms with E-state index in [-0.39, 0.29) is 36.2 Å². The van der Waals surface area contributed by atoms with E-state index in [4.69, 9.17) is 5.73 Å². The number of benzene rings is 1. The highest BCUT2D eigenvalue weighted by Gasteiger charge is 2.31. The molecule has 2 amide bonds. The largest absolute Gasteiger partial charge is 0.351 e. The Balaban J connectivity index is 0.00000312. The molecule has 25 heavy (non-hydrogen) atoms. The van der Waals surface area contributed by atoms with Crippen molar-refractivity contribution in [3.8, 4) is 0 Å². The summed E-state index contributed by atoms with van der Waals surface area (Å²) in [5.74, 6) is 0.0329. The van der Waals surface area contributed by atoms with Gasteiger partial charge in [0, 0.05) is 11.6 Å². The van der Waals surface area contributed by atoms with Crippen molar-refractivity contribution < 1.29 is 9.59 Å². The predicted molar refractivity (Wildman–Crippen MR) is 103 cm³/mol. The molecular formula is C19H30ClN3O2. The molecule has 6 heteroatoms. The maximum absolute atomic E-state index is 12.7. The van der Waals surface area contributed by atoms with E-state index >= 15 is 0 Å². The van der Waals surface area contributed by atoms with E-state index in [0.29, 0.717) is 18.0 Å². The highest BCUT2D eigenvalue weighted by Crippen LogP contribution is 2.24. The lowest BCUT2D eigenvalue weighted by Gasteiger charge is -2.26. The Morgan fingerprint density at radius 2 is 1.92 bits per heavy atom. The topological polar surface area (TPSA) is 84.2 Å². The molecule has 0 heterocycles. The summed E-state index contributed by atoms with van der Waals surface area (Å²) in [6, 6.07) is 6.98. The fraction of sp³-hybridized carbons (Fsp3) is 0.579. The average Bonchev–Trinajstić information content (AvgIpc) is 2.99. The van der Waals surface area contributed by atoms with Gasteiger partial charge in [0.25, 0.3) is 5.91 Å². The van der Waals surface area contributed by atoms with Crippen LogP contribution in [0.15, 0.2) is 24.3 Å². The minimum Gasteiger partial charge on any atom is -0.351 e. The third-order valence-electron chi connectivity index (χ3n) is 4.91. The van der Waals surface area contributed by atoms with Crippen molar-refractivity contribution in [1.29, 1.82) is 0 Å². The molecule has 0 bridgehead atoms. The van der Waals surface area contributed by atoms with E-state index in [2.05, 4.69) is 10.6 Å². The van der Waals surface area contributed by atoms with Crippen LogP contribution in [-0.4, -0.2) is 30.4 Å². The number of nitrogens with two attached hydrogens (primary N) is 1. The number of nitrogens with one attached hydrogen (secondary N) is 2.